The minimum absolute atomic E-state index is 0.0812. The molecule has 0 amide bonds. The average Bonchev–Trinajstić information content (AvgIpc) is 2.26. The molecule has 2 rings (SSSR count). The number of para-hydroxylation sites is 1. The van der Waals surface area contributed by atoms with E-state index in [1.165, 1.54) is 6.33 Å². The lowest BCUT2D eigenvalue weighted by Crippen LogP contribution is -2.05. The highest BCUT2D eigenvalue weighted by molar-refractivity contribution is 5.88. The maximum atomic E-state index is 8.99. The lowest BCUT2D eigenvalue weighted by molar-refractivity contribution is 0.410. The Morgan fingerprint density at radius 1 is 1.33 bits per heavy atom. The Hall–Kier alpha value is -2.10. The van der Waals surface area contributed by atoms with Crippen LogP contribution in [0.4, 0.5) is 5.82 Å². The van der Waals surface area contributed by atoms with Crippen molar-refractivity contribution in [2.45, 2.75) is 0 Å². The fourth-order valence-electron chi connectivity index (χ4n) is 1.33. The quantitative estimate of drug-likeness (QED) is 0.747. The molecule has 4 nitrogen and oxygen atoms in total. The molecule has 0 aliphatic rings. The van der Waals surface area contributed by atoms with Gasteiger partial charge >= 0.3 is 0 Å². The van der Waals surface area contributed by atoms with E-state index in [0.29, 0.717) is 12.4 Å². The van der Waals surface area contributed by atoms with Crippen LogP contribution in [0.15, 0.2) is 42.9 Å². The first kappa shape index (κ1) is 9.45. The number of anilines is 1. The molecule has 0 bridgehead atoms. The van der Waals surface area contributed by atoms with E-state index in [0.717, 1.165) is 10.9 Å². The molecular formula is C11H11N3O. The second-order valence-electron chi connectivity index (χ2n) is 3.16. The van der Waals surface area contributed by atoms with E-state index in [1.54, 1.807) is 0 Å². The number of nitrogens with one attached hydrogen (secondary N) is 1. The summed E-state index contributed by atoms with van der Waals surface area (Å²) in [7, 11) is 0. The largest absolute Gasteiger partial charge is 0.511 e. The third-order valence-corrected chi connectivity index (χ3v) is 2.00. The van der Waals surface area contributed by atoms with E-state index in [2.05, 4.69) is 21.9 Å². The van der Waals surface area contributed by atoms with Gasteiger partial charge in [-0.3, -0.25) is 0 Å². The average molecular weight is 201 g/mol. The van der Waals surface area contributed by atoms with Crippen LogP contribution >= 0.6 is 0 Å². The fourth-order valence-corrected chi connectivity index (χ4v) is 1.33. The van der Waals surface area contributed by atoms with E-state index in [-0.39, 0.29) is 5.76 Å². The maximum Gasteiger partial charge on any atom is 0.137 e. The van der Waals surface area contributed by atoms with Crippen molar-refractivity contribution in [2.75, 3.05) is 11.9 Å². The highest BCUT2D eigenvalue weighted by atomic mass is 16.3. The molecule has 0 saturated heterocycles. The zero-order chi connectivity index (χ0) is 10.7. The first-order chi connectivity index (χ1) is 7.27. The van der Waals surface area contributed by atoms with Gasteiger partial charge in [0.05, 0.1) is 12.1 Å². The summed E-state index contributed by atoms with van der Waals surface area (Å²) in [6.07, 6.45) is 1.49. The van der Waals surface area contributed by atoms with Crippen molar-refractivity contribution in [1.82, 2.24) is 9.97 Å². The molecule has 0 atom stereocenters. The summed E-state index contributed by atoms with van der Waals surface area (Å²) in [6, 6.07) is 7.68. The molecule has 1 heterocycles. The molecule has 4 heteroatoms. The second-order valence-corrected chi connectivity index (χ2v) is 3.16. The highest BCUT2D eigenvalue weighted by Gasteiger charge is 2.01. The first-order valence-corrected chi connectivity index (χ1v) is 4.58. The summed E-state index contributed by atoms with van der Waals surface area (Å²) in [4.78, 5) is 8.24. The maximum absolute atomic E-state index is 8.99. The number of rotatable bonds is 3. The van der Waals surface area contributed by atoms with Crippen LogP contribution in [0.3, 0.4) is 0 Å². The number of aliphatic hydroxyl groups excluding tert-OH is 1. The van der Waals surface area contributed by atoms with E-state index in [4.69, 9.17) is 5.11 Å². The Bertz CT molecular complexity index is 491. The van der Waals surface area contributed by atoms with Gasteiger partial charge in [0.25, 0.3) is 0 Å². The Kier molecular flexibility index (Phi) is 2.49. The van der Waals surface area contributed by atoms with Crippen molar-refractivity contribution in [1.29, 1.82) is 0 Å². The number of fused-ring (bicyclic) bond motifs is 1. The molecule has 0 spiro atoms. The van der Waals surface area contributed by atoms with Crippen molar-refractivity contribution < 1.29 is 5.11 Å². The molecular weight excluding hydrogens is 190 g/mol. The third-order valence-electron chi connectivity index (χ3n) is 2.00. The molecule has 2 aromatic rings. The number of aromatic nitrogens is 2. The van der Waals surface area contributed by atoms with Crippen LogP contribution in [0.2, 0.25) is 0 Å². The predicted molar refractivity (Wildman–Crippen MR) is 59.8 cm³/mol. The van der Waals surface area contributed by atoms with E-state index < -0.39 is 0 Å². The molecule has 0 radical (unpaired) electrons. The summed E-state index contributed by atoms with van der Waals surface area (Å²) in [5.41, 5.74) is 0.874. The monoisotopic (exact) mass is 201 g/mol. The van der Waals surface area contributed by atoms with Crippen molar-refractivity contribution in [3.63, 3.8) is 0 Å². The van der Waals surface area contributed by atoms with Gasteiger partial charge in [0, 0.05) is 5.39 Å². The number of benzene rings is 1. The van der Waals surface area contributed by atoms with Crippen LogP contribution in [0.5, 0.6) is 0 Å². The van der Waals surface area contributed by atoms with Gasteiger partial charge in [-0.25, -0.2) is 9.97 Å². The molecule has 0 aliphatic heterocycles. The minimum atomic E-state index is 0.0812. The summed E-state index contributed by atoms with van der Waals surface area (Å²) in [5, 5.41) is 12.9. The molecule has 2 N–H and O–H groups in total. The van der Waals surface area contributed by atoms with E-state index in [1.807, 2.05) is 24.3 Å². The van der Waals surface area contributed by atoms with Crippen LogP contribution in [0, 0.1) is 0 Å². The zero-order valence-electron chi connectivity index (χ0n) is 8.14. The Morgan fingerprint density at radius 3 is 2.93 bits per heavy atom. The topological polar surface area (TPSA) is 58.0 Å². The van der Waals surface area contributed by atoms with Crippen molar-refractivity contribution in [2.24, 2.45) is 0 Å². The van der Waals surface area contributed by atoms with Gasteiger partial charge in [-0.15, -0.1) is 0 Å². The van der Waals surface area contributed by atoms with E-state index in [9.17, 15) is 0 Å². The molecule has 0 unspecified atom stereocenters. The zero-order valence-corrected chi connectivity index (χ0v) is 8.14. The normalized spacial score (nSPS) is 10.1. The van der Waals surface area contributed by atoms with Crippen molar-refractivity contribution in [3.05, 3.63) is 42.9 Å². The second kappa shape index (κ2) is 3.96. The van der Waals surface area contributed by atoms with Crippen LogP contribution in [-0.2, 0) is 0 Å². The van der Waals surface area contributed by atoms with Gasteiger partial charge in [-0.2, -0.15) is 0 Å². The van der Waals surface area contributed by atoms with Crippen LogP contribution in [0.1, 0.15) is 0 Å². The molecule has 15 heavy (non-hydrogen) atoms. The Labute approximate surface area is 87.3 Å². The smallest absolute Gasteiger partial charge is 0.137 e. The lowest BCUT2D eigenvalue weighted by atomic mass is 10.2. The Balaban J connectivity index is 2.38. The summed E-state index contributed by atoms with van der Waals surface area (Å²) >= 11 is 0. The summed E-state index contributed by atoms with van der Waals surface area (Å²) in [5.74, 6) is 0.786. The molecule has 0 aliphatic carbocycles. The van der Waals surface area contributed by atoms with Gasteiger partial charge in [-0.05, 0) is 12.1 Å². The molecule has 0 saturated carbocycles. The van der Waals surface area contributed by atoms with Gasteiger partial charge in [0.2, 0.25) is 0 Å². The first-order valence-electron chi connectivity index (χ1n) is 4.58. The Morgan fingerprint density at radius 2 is 2.13 bits per heavy atom. The van der Waals surface area contributed by atoms with Crippen LogP contribution in [0.25, 0.3) is 10.9 Å². The summed E-state index contributed by atoms with van der Waals surface area (Å²) < 4.78 is 0. The number of hydrogen-bond donors (Lipinski definition) is 2. The predicted octanol–water partition coefficient (Wildman–Crippen LogP) is 2.11. The number of nitrogens with zero attached hydrogens (tertiary/aromatic N) is 2. The van der Waals surface area contributed by atoms with Crippen LogP contribution in [-0.4, -0.2) is 21.6 Å². The van der Waals surface area contributed by atoms with Crippen LogP contribution < -0.4 is 5.32 Å². The molecule has 1 aromatic carbocycles. The SMILES string of the molecule is C=C(O)CNc1ncnc2ccccc12. The highest BCUT2D eigenvalue weighted by Crippen LogP contribution is 2.17. The van der Waals surface area contributed by atoms with Crippen molar-refractivity contribution >= 4 is 16.7 Å². The third kappa shape index (κ3) is 2.04. The van der Waals surface area contributed by atoms with Gasteiger partial charge in [0.1, 0.15) is 17.9 Å². The molecule has 0 fully saturated rings. The van der Waals surface area contributed by atoms with Crippen molar-refractivity contribution in [3.8, 4) is 0 Å². The minimum Gasteiger partial charge on any atom is -0.511 e. The van der Waals surface area contributed by atoms with Gasteiger partial charge in [0.15, 0.2) is 0 Å². The standard InChI is InChI=1S/C11H11N3O/c1-8(15)6-12-11-9-4-2-3-5-10(9)13-7-14-11/h2-5,7,15H,1,6H2,(H,12,13,14). The number of hydrogen-bond acceptors (Lipinski definition) is 4. The molecule has 76 valence electrons. The fraction of sp³-hybridized carbons (Fsp3) is 0.0909. The molecule has 1 aromatic heterocycles. The lowest BCUT2D eigenvalue weighted by Gasteiger charge is -2.06. The van der Waals surface area contributed by atoms with Gasteiger partial charge in [-0.1, -0.05) is 18.7 Å². The number of aliphatic hydroxyl groups is 1. The summed E-state index contributed by atoms with van der Waals surface area (Å²) in [6.45, 7) is 3.69. The van der Waals surface area contributed by atoms with E-state index >= 15 is 0 Å². The van der Waals surface area contributed by atoms with Gasteiger partial charge < -0.3 is 10.4 Å².